The summed E-state index contributed by atoms with van der Waals surface area (Å²) in [6.07, 6.45) is 1.64. The van der Waals surface area contributed by atoms with Gasteiger partial charge >= 0.3 is 6.01 Å². The first-order valence-corrected chi connectivity index (χ1v) is 10.8. The van der Waals surface area contributed by atoms with Crippen LogP contribution >= 0.6 is 0 Å². The van der Waals surface area contributed by atoms with Crippen LogP contribution in [0.3, 0.4) is 0 Å². The molecule has 5 rings (SSSR count). The van der Waals surface area contributed by atoms with Crippen molar-refractivity contribution >= 4 is 11.2 Å². The van der Waals surface area contributed by atoms with Crippen molar-refractivity contribution in [3.05, 3.63) is 53.6 Å². The van der Waals surface area contributed by atoms with Crippen molar-refractivity contribution < 1.29 is 18.6 Å². The average molecular weight is 431 g/mol. The van der Waals surface area contributed by atoms with Crippen molar-refractivity contribution in [1.29, 1.82) is 0 Å². The lowest BCUT2D eigenvalue weighted by Gasteiger charge is -2.18. The van der Waals surface area contributed by atoms with Gasteiger partial charge in [0.1, 0.15) is 5.60 Å². The van der Waals surface area contributed by atoms with E-state index in [-0.39, 0.29) is 11.6 Å². The van der Waals surface area contributed by atoms with E-state index in [1.54, 1.807) is 0 Å². The number of oxazole rings is 1. The Kier molecular flexibility index (Phi) is 4.96. The number of aryl methyl sites for hydroxylation is 1. The topological polar surface area (TPSA) is 79.5 Å². The minimum atomic E-state index is -0.282. The normalized spacial score (nSPS) is 14.2. The molecule has 3 heterocycles. The van der Waals surface area contributed by atoms with Crippen LogP contribution in [0.15, 0.2) is 46.9 Å². The third-order valence-electron chi connectivity index (χ3n) is 5.17. The fraction of sp³-hybridized carbons (Fsp3) is 0.320. The number of rotatable bonds is 6. The summed E-state index contributed by atoms with van der Waals surface area (Å²) in [5, 5.41) is 0. The second kappa shape index (κ2) is 7.82. The van der Waals surface area contributed by atoms with Crippen LogP contribution < -0.4 is 14.2 Å². The first-order chi connectivity index (χ1) is 15.4. The molecular formula is C25H25N3O4. The Bertz CT molecular complexity index is 1300. The number of nitrogens with zero attached hydrogens (tertiary/aromatic N) is 3. The molecule has 0 radical (unpaired) electrons. The predicted molar refractivity (Wildman–Crippen MR) is 120 cm³/mol. The van der Waals surface area contributed by atoms with Gasteiger partial charge in [0.15, 0.2) is 17.0 Å². The molecule has 0 saturated heterocycles. The van der Waals surface area contributed by atoms with Gasteiger partial charge in [-0.3, -0.25) is 0 Å². The van der Waals surface area contributed by atoms with Gasteiger partial charge in [-0.15, -0.1) is 0 Å². The predicted octanol–water partition coefficient (Wildman–Crippen LogP) is 5.89. The SMILES string of the molecule is CCCOc1nc(Oc2cccc3c2OC(C)(C)C3)nc2oc(-c3cccc(C)c3)nc12. The van der Waals surface area contributed by atoms with E-state index >= 15 is 0 Å². The summed E-state index contributed by atoms with van der Waals surface area (Å²) >= 11 is 0. The summed E-state index contributed by atoms with van der Waals surface area (Å²) in [6, 6.07) is 13.9. The summed E-state index contributed by atoms with van der Waals surface area (Å²) in [7, 11) is 0. The van der Waals surface area contributed by atoms with E-state index in [0.717, 1.165) is 35.3 Å². The second-order valence-corrected chi connectivity index (χ2v) is 8.59. The van der Waals surface area contributed by atoms with Crippen molar-refractivity contribution in [3.8, 4) is 34.8 Å². The molecule has 2 aromatic heterocycles. The Morgan fingerprint density at radius 2 is 1.91 bits per heavy atom. The number of hydrogen-bond acceptors (Lipinski definition) is 7. The third-order valence-corrected chi connectivity index (χ3v) is 5.17. The fourth-order valence-electron chi connectivity index (χ4n) is 3.79. The van der Waals surface area contributed by atoms with Crippen LogP contribution in [0.4, 0.5) is 0 Å². The average Bonchev–Trinajstić information content (AvgIpc) is 3.32. The number of ether oxygens (including phenoxy) is 3. The zero-order valence-corrected chi connectivity index (χ0v) is 18.6. The minimum Gasteiger partial charge on any atom is -0.483 e. The maximum Gasteiger partial charge on any atom is 0.328 e. The van der Waals surface area contributed by atoms with E-state index in [1.807, 2.05) is 56.3 Å². The molecule has 7 heteroatoms. The van der Waals surface area contributed by atoms with E-state index < -0.39 is 0 Å². The van der Waals surface area contributed by atoms with Gasteiger partial charge in [-0.2, -0.15) is 9.97 Å². The number of aromatic nitrogens is 3. The highest BCUT2D eigenvalue weighted by Crippen LogP contribution is 2.43. The number of para-hydroxylation sites is 1. The highest BCUT2D eigenvalue weighted by molar-refractivity contribution is 5.78. The maximum absolute atomic E-state index is 6.11. The third kappa shape index (κ3) is 3.86. The Balaban J connectivity index is 1.55. The van der Waals surface area contributed by atoms with Crippen LogP contribution in [0.25, 0.3) is 22.7 Å². The van der Waals surface area contributed by atoms with Crippen molar-refractivity contribution in [1.82, 2.24) is 15.0 Å². The molecule has 4 aromatic rings. The van der Waals surface area contributed by atoms with E-state index in [9.17, 15) is 0 Å². The van der Waals surface area contributed by atoms with Gasteiger partial charge in [0.05, 0.1) is 6.61 Å². The molecule has 0 atom stereocenters. The van der Waals surface area contributed by atoms with Crippen molar-refractivity contribution in [2.24, 2.45) is 0 Å². The van der Waals surface area contributed by atoms with Gasteiger partial charge in [-0.25, -0.2) is 4.98 Å². The molecule has 0 saturated carbocycles. The van der Waals surface area contributed by atoms with E-state index in [4.69, 9.17) is 18.6 Å². The molecular weight excluding hydrogens is 406 g/mol. The van der Waals surface area contributed by atoms with Crippen LogP contribution in [0, 0.1) is 6.92 Å². The zero-order chi connectivity index (χ0) is 22.3. The Labute approximate surface area is 186 Å². The van der Waals surface area contributed by atoms with Gasteiger partial charge in [-0.05, 0) is 45.4 Å². The van der Waals surface area contributed by atoms with Crippen LogP contribution in [0.2, 0.25) is 0 Å². The van der Waals surface area contributed by atoms with Gasteiger partial charge in [0.25, 0.3) is 11.6 Å². The second-order valence-electron chi connectivity index (χ2n) is 8.59. The Morgan fingerprint density at radius 3 is 2.72 bits per heavy atom. The molecule has 7 nitrogen and oxygen atoms in total. The summed E-state index contributed by atoms with van der Waals surface area (Å²) in [5.41, 5.74) is 3.57. The molecule has 0 unspecified atom stereocenters. The maximum atomic E-state index is 6.11. The van der Waals surface area contributed by atoms with Crippen LogP contribution in [0.5, 0.6) is 23.4 Å². The fourth-order valence-corrected chi connectivity index (χ4v) is 3.79. The van der Waals surface area contributed by atoms with Crippen LogP contribution in [-0.2, 0) is 6.42 Å². The van der Waals surface area contributed by atoms with Crippen molar-refractivity contribution in [3.63, 3.8) is 0 Å². The molecule has 2 aromatic carbocycles. The van der Waals surface area contributed by atoms with Crippen LogP contribution in [-0.4, -0.2) is 27.2 Å². The molecule has 0 amide bonds. The van der Waals surface area contributed by atoms with E-state index in [1.165, 1.54) is 0 Å². The zero-order valence-electron chi connectivity index (χ0n) is 18.6. The Hall–Kier alpha value is -3.61. The number of hydrogen-bond donors (Lipinski definition) is 0. The van der Waals surface area contributed by atoms with Crippen molar-refractivity contribution in [2.75, 3.05) is 6.61 Å². The molecule has 164 valence electrons. The minimum absolute atomic E-state index is 0.122. The summed E-state index contributed by atoms with van der Waals surface area (Å²) in [4.78, 5) is 13.6. The summed E-state index contributed by atoms with van der Waals surface area (Å²) in [5.74, 6) is 2.08. The van der Waals surface area contributed by atoms with Gasteiger partial charge in [0, 0.05) is 17.5 Å². The lowest BCUT2D eigenvalue weighted by molar-refractivity contribution is 0.134. The highest BCUT2D eigenvalue weighted by atomic mass is 16.5. The summed E-state index contributed by atoms with van der Waals surface area (Å²) < 4.78 is 24.0. The molecule has 32 heavy (non-hydrogen) atoms. The first kappa shape index (κ1) is 20.3. The van der Waals surface area contributed by atoms with Crippen molar-refractivity contribution in [2.45, 2.75) is 46.1 Å². The molecule has 0 spiro atoms. The largest absolute Gasteiger partial charge is 0.483 e. The molecule has 1 aliphatic rings. The number of benzene rings is 2. The number of fused-ring (bicyclic) bond motifs is 2. The first-order valence-electron chi connectivity index (χ1n) is 10.8. The van der Waals surface area contributed by atoms with E-state index in [0.29, 0.717) is 35.4 Å². The smallest absolute Gasteiger partial charge is 0.328 e. The van der Waals surface area contributed by atoms with Gasteiger partial charge in [-0.1, -0.05) is 36.8 Å². The monoisotopic (exact) mass is 431 g/mol. The summed E-state index contributed by atoms with van der Waals surface area (Å²) in [6.45, 7) is 8.66. The Morgan fingerprint density at radius 1 is 1.06 bits per heavy atom. The highest BCUT2D eigenvalue weighted by Gasteiger charge is 2.32. The lowest BCUT2D eigenvalue weighted by atomic mass is 10.0. The molecule has 0 aliphatic carbocycles. The van der Waals surface area contributed by atoms with Crippen LogP contribution in [0.1, 0.15) is 38.3 Å². The lowest BCUT2D eigenvalue weighted by Crippen LogP contribution is -2.24. The standard InChI is InChI=1S/C25H25N3O4/c1-5-12-29-22-19-23(31-21(26-19)16-9-6-8-15(2)13-16)28-24(27-22)30-18-11-7-10-17-14-25(3,4)32-20(17)18/h6-11,13H,5,12,14H2,1-4H3. The molecule has 0 N–H and O–H groups in total. The molecule has 0 bridgehead atoms. The van der Waals surface area contributed by atoms with E-state index in [2.05, 4.69) is 28.8 Å². The molecule has 1 aliphatic heterocycles. The quantitative estimate of drug-likeness (QED) is 0.377. The van der Waals surface area contributed by atoms with Gasteiger partial charge in [0.2, 0.25) is 5.89 Å². The molecule has 0 fully saturated rings. The van der Waals surface area contributed by atoms with Gasteiger partial charge < -0.3 is 18.6 Å².